The standard InChI is InChI=1S/C6H9N3O5/c10-7-4-1-5(8(11)12)3-6(2-4)9(13)14/h4-6H,1-3H2. The molecule has 0 saturated heterocycles. The van der Waals surface area contributed by atoms with E-state index in [2.05, 4.69) is 5.18 Å². The van der Waals surface area contributed by atoms with E-state index in [1.807, 2.05) is 0 Å². The monoisotopic (exact) mass is 203 g/mol. The van der Waals surface area contributed by atoms with Gasteiger partial charge in [-0.2, -0.15) is 4.91 Å². The highest BCUT2D eigenvalue weighted by molar-refractivity contribution is 4.82. The van der Waals surface area contributed by atoms with Crippen LogP contribution in [0.5, 0.6) is 0 Å². The highest BCUT2D eigenvalue weighted by Gasteiger charge is 2.41. The van der Waals surface area contributed by atoms with Gasteiger partial charge in [-0.05, 0) is 0 Å². The van der Waals surface area contributed by atoms with Gasteiger partial charge < -0.3 is 0 Å². The van der Waals surface area contributed by atoms with Crippen molar-refractivity contribution in [2.75, 3.05) is 0 Å². The molecule has 0 radical (unpaired) electrons. The first-order valence-corrected chi connectivity index (χ1v) is 4.14. The predicted octanol–water partition coefficient (Wildman–Crippen LogP) is 0.596. The molecule has 8 nitrogen and oxygen atoms in total. The second-order valence-corrected chi connectivity index (χ2v) is 3.34. The van der Waals surface area contributed by atoms with Crippen molar-refractivity contribution < 1.29 is 9.85 Å². The van der Waals surface area contributed by atoms with Gasteiger partial charge in [0.15, 0.2) is 0 Å². The Hall–Kier alpha value is -1.60. The number of nitro groups is 2. The lowest BCUT2D eigenvalue weighted by atomic mass is 9.88. The summed E-state index contributed by atoms with van der Waals surface area (Å²) in [6.45, 7) is 0. The minimum Gasteiger partial charge on any atom is -0.264 e. The SMILES string of the molecule is O=NC1CC([N+](=O)[O-])CC([N+](=O)[O-])C1. The topological polar surface area (TPSA) is 116 Å². The minimum atomic E-state index is -1.01. The summed E-state index contributed by atoms with van der Waals surface area (Å²) in [5, 5.41) is 23.5. The van der Waals surface area contributed by atoms with Crippen molar-refractivity contribution in [3.63, 3.8) is 0 Å². The molecule has 1 saturated carbocycles. The summed E-state index contributed by atoms with van der Waals surface area (Å²) < 4.78 is 0. The molecular weight excluding hydrogens is 194 g/mol. The third-order valence-electron chi connectivity index (χ3n) is 2.38. The molecule has 78 valence electrons. The van der Waals surface area contributed by atoms with E-state index in [4.69, 9.17) is 0 Å². The fraction of sp³-hybridized carbons (Fsp3) is 1.00. The third kappa shape index (κ3) is 2.21. The Kier molecular flexibility index (Phi) is 3.05. The molecule has 8 heteroatoms. The number of rotatable bonds is 3. The van der Waals surface area contributed by atoms with Crippen LogP contribution in [0, 0.1) is 25.1 Å². The molecule has 1 aliphatic carbocycles. The van der Waals surface area contributed by atoms with Gasteiger partial charge in [-0.15, -0.1) is 0 Å². The second kappa shape index (κ2) is 4.07. The quantitative estimate of drug-likeness (QED) is 0.378. The van der Waals surface area contributed by atoms with Crippen LogP contribution in [-0.2, 0) is 0 Å². The summed E-state index contributed by atoms with van der Waals surface area (Å²) in [7, 11) is 0. The van der Waals surface area contributed by atoms with Gasteiger partial charge in [-0.3, -0.25) is 20.2 Å². The second-order valence-electron chi connectivity index (χ2n) is 3.34. The smallest absolute Gasteiger partial charge is 0.221 e. The Bertz CT molecular complexity index is 246. The van der Waals surface area contributed by atoms with Crippen molar-refractivity contribution in [2.45, 2.75) is 37.4 Å². The van der Waals surface area contributed by atoms with Crippen LogP contribution in [0.2, 0.25) is 0 Å². The predicted molar refractivity (Wildman–Crippen MR) is 45.0 cm³/mol. The summed E-state index contributed by atoms with van der Waals surface area (Å²) in [5.74, 6) is 0. The zero-order valence-corrected chi connectivity index (χ0v) is 7.24. The van der Waals surface area contributed by atoms with E-state index in [9.17, 15) is 25.1 Å². The van der Waals surface area contributed by atoms with Gasteiger partial charge in [-0.1, -0.05) is 5.18 Å². The van der Waals surface area contributed by atoms with Gasteiger partial charge in [0.2, 0.25) is 12.1 Å². The fourth-order valence-electron chi connectivity index (χ4n) is 1.66. The summed E-state index contributed by atoms with van der Waals surface area (Å²) in [6, 6.07) is -2.82. The van der Waals surface area contributed by atoms with Crippen molar-refractivity contribution in [1.82, 2.24) is 0 Å². The van der Waals surface area contributed by atoms with Crippen LogP contribution in [0.25, 0.3) is 0 Å². The Morgan fingerprint density at radius 1 is 1.00 bits per heavy atom. The zero-order valence-electron chi connectivity index (χ0n) is 7.24. The summed E-state index contributed by atoms with van der Waals surface area (Å²) >= 11 is 0. The van der Waals surface area contributed by atoms with E-state index < -0.39 is 28.0 Å². The highest BCUT2D eigenvalue weighted by Crippen LogP contribution is 2.25. The van der Waals surface area contributed by atoms with Crippen molar-refractivity contribution in [3.8, 4) is 0 Å². The first kappa shape index (κ1) is 10.5. The maximum atomic E-state index is 10.4. The molecule has 0 aliphatic heterocycles. The average molecular weight is 203 g/mol. The van der Waals surface area contributed by atoms with Crippen LogP contribution in [0.3, 0.4) is 0 Å². The Morgan fingerprint density at radius 3 is 1.71 bits per heavy atom. The average Bonchev–Trinajstić information content (AvgIpc) is 2.16. The largest absolute Gasteiger partial charge is 0.264 e. The molecule has 14 heavy (non-hydrogen) atoms. The van der Waals surface area contributed by atoms with Crippen LogP contribution >= 0.6 is 0 Å². The van der Waals surface area contributed by atoms with E-state index >= 15 is 0 Å². The molecule has 1 aliphatic rings. The van der Waals surface area contributed by atoms with Crippen molar-refractivity contribution in [3.05, 3.63) is 25.1 Å². The summed E-state index contributed by atoms with van der Waals surface area (Å²) in [6.07, 6.45) is -0.0757. The maximum absolute atomic E-state index is 10.4. The molecule has 0 aromatic carbocycles. The van der Waals surface area contributed by atoms with Crippen LogP contribution < -0.4 is 0 Å². The first-order chi connectivity index (χ1) is 6.54. The van der Waals surface area contributed by atoms with E-state index in [1.165, 1.54) is 0 Å². The van der Waals surface area contributed by atoms with Gasteiger partial charge in [0.05, 0.1) is 6.42 Å². The lowest BCUT2D eigenvalue weighted by Gasteiger charge is -2.21. The molecular formula is C6H9N3O5. The molecule has 1 fully saturated rings. The lowest BCUT2D eigenvalue weighted by molar-refractivity contribution is -0.568. The van der Waals surface area contributed by atoms with Crippen molar-refractivity contribution >= 4 is 0 Å². The molecule has 0 amide bonds. The van der Waals surface area contributed by atoms with Crippen LogP contribution in [-0.4, -0.2) is 28.0 Å². The summed E-state index contributed by atoms with van der Waals surface area (Å²) in [4.78, 5) is 29.9. The minimum absolute atomic E-state index is 0.0147. The Balaban J connectivity index is 2.70. The van der Waals surface area contributed by atoms with E-state index in [0.29, 0.717) is 0 Å². The number of hydrogen-bond acceptors (Lipinski definition) is 6. The molecule has 0 spiro atoms. The van der Waals surface area contributed by atoms with Crippen LogP contribution in [0.15, 0.2) is 5.18 Å². The molecule has 0 heterocycles. The van der Waals surface area contributed by atoms with Gasteiger partial charge >= 0.3 is 0 Å². The van der Waals surface area contributed by atoms with Gasteiger partial charge in [0.25, 0.3) is 0 Å². The van der Waals surface area contributed by atoms with Crippen LogP contribution in [0.4, 0.5) is 0 Å². The zero-order chi connectivity index (χ0) is 10.7. The lowest BCUT2D eigenvalue weighted by Crippen LogP contribution is -2.39. The first-order valence-electron chi connectivity index (χ1n) is 4.14. The highest BCUT2D eigenvalue weighted by atomic mass is 16.6. The number of nitroso groups, excluding NO2 is 1. The fourth-order valence-corrected chi connectivity index (χ4v) is 1.66. The van der Waals surface area contributed by atoms with Crippen LogP contribution in [0.1, 0.15) is 19.3 Å². The summed E-state index contributed by atoms with van der Waals surface area (Å²) in [5.41, 5.74) is 0. The van der Waals surface area contributed by atoms with Gasteiger partial charge in [0, 0.05) is 22.7 Å². The molecule has 0 aromatic heterocycles. The van der Waals surface area contributed by atoms with E-state index in [0.717, 1.165) is 0 Å². The third-order valence-corrected chi connectivity index (χ3v) is 2.38. The molecule has 0 bridgehead atoms. The van der Waals surface area contributed by atoms with Crippen molar-refractivity contribution in [1.29, 1.82) is 0 Å². The molecule has 1 rings (SSSR count). The molecule has 2 unspecified atom stereocenters. The van der Waals surface area contributed by atoms with E-state index in [1.54, 1.807) is 0 Å². The van der Waals surface area contributed by atoms with E-state index in [-0.39, 0.29) is 19.3 Å². The number of hydrogen-bond donors (Lipinski definition) is 0. The van der Waals surface area contributed by atoms with Gasteiger partial charge in [0.1, 0.15) is 6.04 Å². The number of nitrogens with zero attached hydrogens (tertiary/aromatic N) is 3. The Morgan fingerprint density at radius 2 is 1.43 bits per heavy atom. The van der Waals surface area contributed by atoms with Gasteiger partial charge in [-0.25, -0.2) is 0 Å². The van der Waals surface area contributed by atoms with Crippen molar-refractivity contribution in [2.24, 2.45) is 5.18 Å². The molecule has 0 aromatic rings. The Labute approximate surface area is 78.6 Å². The maximum Gasteiger partial charge on any atom is 0.221 e. The molecule has 2 atom stereocenters. The normalized spacial score (nSPS) is 32.1. The molecule has 0 N–H and O–H groups in total.